The predicted molar refractivity (Wildman–Crippen MR) is 115 cm³/mol. The zero-order valence-electron chi connectivity index (χ0n) is 14.6. The van der Waals surface area contributed by atoms with Crippen molar-refractivity contribution in [2.45, 2.75) is 20.1 Å². The molecule has 0 saturated carbocycles. The summed E-state index contributed by atoms with van der Waals surface area (Å²) in [6, 6.07) is 17.4. The Kier molecular flexibility index (Phi) is 6.53. The summed E-state index contributed by atoms with van der Waals surface area (Å²) in [7, 11) is 0. The Morgan fingerprint density at radius 3 is 2.48 bits per heavy atom. The molecule has 0 aromatic heterocycles. The van der Waals surface area contributed by atoms with Gasteiger partial charge in [0.25, 0.3) is 0 Å². The van der Waals surface area contributed by atoms with Crippen molar-refractivity contribution in [2.24, 2.45) is 0 Å². The lowest BCUT2D eigenvalue weighted by Gasteiger charge is -2.14. The average molecular weight is 467 g/mol. The van der Waals surface area contributed by atoms with Crippen LogP contribution < -0.4 is 10.1 Å². The molecule has 2 N–H and O–H groups in total. The first-order valence-corrected chi connectivity index (χ1v) is 9.86. The second-order valence-electron chi connectivity index (χ2n) is 6.17. The SMILES string of the molecule is Cc1cccc(COc2ccc(Br)cc2CNc2cc(Cl)c(O)c(Cl)c2)c1. The minimum atomic E-state index is -0.117. The lowest BCUT2D eigenvalue weighted by molar-refractivity contribution is 0.303. The van der Waals surface area contributed by atoms with Gasteiger partial charge in [0.15, 0.2) is 5.75 Å². The normalized spacial score (nSPS) is 10.7. The van der Waals surface area contributed by atoms with E-state index in [0.29, 0.717) is 18.8 Å². The molecule has 0 aliphatic carbocycles. The summed E-state index contributed by atoms with van der Waals surface area (Å²) in [5.74, 6) is 0.677. The molecule has 0 atom stereocenters. The van der Waals surface area contributed by atoms with Crippen LogP contribution in [0, 0.1) is 6.92 Å². The van der Waals surface area contributed by atoms with Crippen molar-refractivity contribution in [2.75, 3.05) is 5.32 Å². The number of phenolic OH excluding ortho intramolecular Hbond substituents is 1. The van der Waals surface area contributed by atoms with E-state index < -0.39 is 0 Å². The third-order valence-electron chi connectivity index (χ3n) is 4.00. The standard InChI is InChI=1S/C21H18BrCl2NO2/c1-13-3-2-4-14(7-13)12-27-20-6-5-16(22)8-15(20)11-25-17-9-18(23)21(26)19(24)10-17/h2-10,25-26H,11-12H2,1H3. The van der Waals surface area contributed by atoms with E-state index in [1.54, 1.807) is 12.1 Å². The van der Waals surface area contributed by atoms with E-state index in [9.17, 15) is 5.11 Å². The van der Waals surface area contributed by atoms with Crippen molar-refractivity contribution < 1.29 is 9.84 Å². The number of hydrogen-bond donors (Lipinski definition) is 2. The number of aromatic hydroxyl groups is 1. The third-order valence-corrected chi connectivity index (χ3v) is 5.07. The molecule has 0 fully saturated rings. The van der Waals surface area contributed by atoms with Gasteiger partial charge in [-0.25, -0.2) is 0 Å². The number of phenols is 1. The Morgan fingerprint density at radius 1 is 1.04 bits per heavy atom. The smallest absolute Gasteiger partial charge is 0.152 e. The van der Waals surface area contributed by atoms with Gasteiger partial charge in [-0.1, -0.05) is 69.0 Å². The molecule has 0 aliphatic heterocycles. The summed E-state index contributed by atoms with van der Waals surface area (Å²) in [6.45, 7) is 3.07. The number of halogens is 3. The summed E-state index contributed by atoms with van der Waals surface area (Å²) in [6.07, 6.45) is 0. The van der Waals surface area contributed by atoms with Crippen molar-refractivity contribution >= 4 is 44.8 Å². The summed E-state index contributed by atoms with van der Waals surface area (Å²) in [5, 5.41) is 13.3. The number of rotatable bonds is 6. The van der Waals surface area contributed by atoms with Crippen molar-refractivity contribution in [3.8, 4) is 11.5 Å². The molecule has 0 amide bonds. The Morgan fingerprint density at radius 2 is 1.78 bits per heavy atom. The van der Waals surface area contributed by atoms with Gasteiger partial charge in [-0.2, -0.15) is 0 Å². The topological polar surface area (TPSA) is 41.5 Å². The molecule has 0 heterocycles. The highest BCUT2D eigenvalue weighted by Crippen LogP contribution is 2.35. The molecule has 0 radical (unpaired) electrons. The molecule has 0 aliphatic rings. The van der Waals surface area contributed by atoms with E-state index in [4.69, 9.17) is 27.9 Å². The highest BCUT2D eigenvalue weighted by Gasteiger charge is 2.09. The van der Waals surface area contributed by atoms with Crippen LogP contribution >= 0.6 is 39.1 Å². The van der Waals surface area contributed by atoms with Gasteiger partial charge in [-0.15, -0.1) is 0 Å². The number of nitrogens with one attached hydrogen (secondary N) is 1. The fourth-order valence-corrected chi connectivity index (χ4v) is 3.55. The van der Waals surface area contributed by atoms with Gasteiger partial charge < -0.3 is 15.2 Å². The van der Waals surface area contributed by atoms with Crippen LogP contribution in [0.15, 0.2) is 59.1 Å². The summed E-state index contributed by atoms with van der Waals surface area (Å²) < 4.78 is 7.00. The largest absolute Gasteiger partial charge is 0.505 e. The molecule has 0 spiro atoms. The number of benzene rings is 3. The maximum Gasteiger partial charge on any atom is 0.152 e. The van der Waals surface area contributed by atoms with Gasteiger partial charge in [0.1, 0.15) is 12.4 Å². The molecule has 27 heavy (non-hydrogen) atoms. The molecule has 3 aromatic carbocycles. The van der Waals surface area contributed by atoms with E-state index in [1.165, 1.54) is 5.56 Å². The first-order valence-electron chi connectivity index (χ1n) is 8.31. The molecular weight excluding hydrogens is 449 g/mol. The van der Waals surface area contributed by atoms with Crippen molar-refractivity contribution in [3.63, 3.8) is 0 Å². The van der Waals surface area contributed by atoms with Crippen LogP contribution in [0.4, 0.5) is 5.69 Å². The second kappa shape index (κ2) is 8.87. The van der Waals surface area contributed by atoms with E-state index >= 15 is 0 Å². The Bertz CT molecular complexity index is 940. The van der Waals surface area contributed by atoms with Gasteiger partial charge in [0, 0.05) is 22.3 Å². The fourth-order valence-electron chi connectivity index (χ4n) is 2.65. The van der Waals surface area contributed by atoms with Crippen LogP contribution in [-0.4, -0.2) is 5.11 Å². The number of aryl methyl sites for hydroxylation is 1. The maximum absolute atomic E-state index is 9.68. The monoisotopic (exact) mass is 465 g/mol. The first kappa shape index (κ1) is 19.9. The summed E-state index contributed by atoms with van der Waals surface area (Å²) in [5.41, 5.74) is 4.02. The van der Waals surface area contributed by atoms with Crippen molar-refractivity contribution in [1.29, 1.82) is 0 Å². The molecule has 3 nitrogen and oxygen atoms in total. The Hall–Kier alpha value is -1.88. The predicted octanol–water partition coefficient (Wildman–Crippen LogP) is 6.96. The van der Waals surface area contributed by atoms with Crippen LogP contribution in [0.25, 0.3) is 0 Å². The third kappa shape index (κ3) is 5.32. The van der Waals surface area contributed by atoms with Gasteiger partial charge >= 0.3 is 0 Å². The molecule has 3 rings (SSSR count). The molecule has 0 saturated heterocycles. The highest BCUT2D eigenvalue weighted by atomic mass is 79.9. The van der Waals surface area contributed by atoms with Gasteiger partial charge in [0.05, 0.1) is 10.0 Å². The number of hydrogen-bond acceptors (Lipinski definition) is 3. The quantitative estimate of drug-likeness (QED) is 0.385. The minimum Gasteiger partial charge on any atom is -0.505 e. The Labute approximate surface area is 177 Å². The van der Waals surface area contributed by atoms with Crippen LogP contribution in [0.3, 0.4) is 0 Å². The van der Waals surface area contributed by atoms with Crippen LogP contribution in [0.2, 0.25) is 10.0 Å². The van der Waals surface area contributed by atoms with Crippen molar-refractivity contribution in [3.05, 3.63) is 85.8 Å². The molecular formula is C21H18BrCl2NO2. The lowest BCUT2D eigenvalue weighted by Crippen LogP contribution is -2.04. The first-order chi connectivity index (χ1) is 12.9. The van der Waals surface area contributed by atoms with E-state index in [2.05, 4.69) is 40.3 Å². The maximum atomic E-state index is 9.68. The zero-order chi connectivity index (χ0) is 19.4. The molecule has 6 heteroatoms. The van der Waals surface area contributed by atoms with Gasteiger partial charge in [-0.05, 0) is 42.8 Å². The molecule has 140 valence electrons. The van der Waals surface area contributed by atoms with Crippen LogP contribution in [0.1, 0.15) is 16.7 Å². The van der Waals surface area contributed by atoms with E-state index in [1.807, 2.05) is 30.3 Å². The van der Waals surface area contributed by atoms with Crippen LogP contribution in [0.5, 0.6) is 11.5 Å². The summed E-state index contributed by atoms with van der Waals surface area (Å²) in [4.78, 5) is 0. The van der Waals surface area contributed by atoms with Crippen LogP contribution in [-0.2, 0) is 13.2 Å². The Balaban J connectivity index is 1.74. The highest BCUT2D eigenvalue weighted by molar-refractivity contribution is 9.10. The van der Waals surface area contributed by atoms with Gasteiger partial charge in [-0.3, -0.25) is 0 Å². The fraction of sp³-hybridized carbons (Fsp3) is 0.143. The molecule has 0 unspecified atom stereocenters. The number of anilines is 1. The second-order valence-corrected chi connectivity index (χ2v) is 7.90. The average Bonchev–Trinajstić information content (AvgIpc) is 2.63. The van der Waals surface area contributed by atoms with E-state index in [-0.39, 0.29) is 15.8 Å². The van der Waals surface area contributed by atoms with Crippen molar-refractivity contribution in [1.82, 2.24) is 0 Å². The van der Waals surface area contributed by atoms with E-state index in [0.717, 1.165) is 21.3 Å². The zero-order valence-corrected chi connectivity index (χ0v) is 17.7. The summed E-state index contributed by atoms with van der Waals surface area (Å²) >= 11 is 15.5. The number of ether oxygens (including phenoxy) is 1. The minimum absolute atomic E-state index is 0.117. The van der Waals surface area contributed by atoms with Gasteiger partial charge in [0.2, 0.25) is 0 Å². The molecule has 3 aromatic rings. The lowest BCUT2D eigenvalue weighted by atomic mass is 10.1. The molecule has 0 bridgehead atoms.